The Kier molecular flexibility index (Phi) is 1.51. The van der Waals surface area contributed by atoms with Gasteiger partial charge in [0.2, 0.25) is 0 Å². The molecule has 53 valence electrons. The van der Waals surface area contributed by atoms with Crippen LogP contribution in [0.3, 0.4) is 0 Å². The third-order valence-corrected chi connectivity index (χ3v) is 1.72. The van der Waals surface area contributed by atoms with Crippen LogP contribution in [0.4, 0.5) is 0 Å². The molecule has 0 saturated heterocycles. The number of aromatic nitrogens is 1. The Morgan fingerprint density at radius 3 is 3.27 bits per heavy atom. The molecular weight excluding hydrogens is 158 g/mol. The fourth-order valence-corrected chi connectivity index (χ4v) is 1.14. The molecule has 0 fully saturated rings. The monoisotopic (exact) mass is 162 g/mol. The van der Waals surface area contributed by atoms with Crippen molar-refractivity contribution in [3.05, 3.63) is 41.6 Å². The Morgan fingerprint density at radius 1 is 1.45 bits per heavy atom. The molecule has 1 radical (unpaired) electrons. The van der Waals surface area contributed by atoms with E-state index in [2.05, 4.69) is 11.1 Å². The molecule has 0 aliphatic carbocycles. The Hall–Kier alpha value is -1.08. The number of fused-ring (bicyclic) bond motifs is 1. The third kappa shape index (κ3) is 1.19. The van der Waals surface area contributed by atoms with Gasteiger partial charge < -0.3 is 0 Å². The van der Waals surface area contributed by atoms with Crippen molar-refractivity contribution in [3.8, 4) is 0 Å². The predicted molar refractivity (Wildman–Crippen MR) is 45.6 cm³/mol. The van der Waals surface area contributed by atoms with Gasteiger partial charge in [0, 0.05) is 17.6 Å². The first-order valence-corrected chi connectivity index (χ1v) is 3.66. The fourth-order valence-electron chi connectivity index (χ4n) is 0.981. The Balaban J connectivity index is 2.83. The Bertz CT molecular complexity index is 384. The van der Waals surface area contributed by atoms with Crippen LogP contribution in [-0.2, 0) is 0 Å². The maximum absolute atomic E-state index is 5.72. The average Bonchev–Trinajstić information content (AvgIpc) is 2.04. The molecule has 0 amide bonds. The summed E-state index contributed by atoms with van der Waals surface area (Å²) in [6.45, 7) is 0. The molecule has 11 heavy (non-hydrogen) atoms. The van der Waals surface area contributed by atoms with Crippen LogP contribution in [0.1, 0.15) is 0 Å². The molecule has 1 heterocycles. The average molecular weight is 163 g/mol. The topological polar surface area (TPSA) is 12.9 Å². The van der Waals surface area contributed by atoms with Crippen LogP contribution in [0.25, 0.3) is 10.9 Å². The van der Waals surface area contributed by atoms with Gasteiger partial charge in [0.1, 0.15) is 0 Å². The smallest absolute Gasteiger partial charge is 0.0717 e. The minimum absolute atomic E-state index is 0.608. The highest BCUT2D eigenvalue weighted by molar-refractivity contribution is 6.31. The second-order valence-corrected chi connectivity index (χ2v) is 2.67. The zero-order chi connectivity index (χ0) is 7.68. The molecule has 2 rings (SSSR count). The zero-order valence-electron chi connectivity index (χ0n) is 5.71. The molecule has 0 bridgehead atoms. The van der Waals surface area contributed by atoms with Crippen molar-refractivity contribution >= 4 is 22.5 Å². The first-order chi connectivity index (χ1) is 5.36. The van der Waals surface area contributed by atoms with Gasteiger partial charge in [0.25, 0.3) is 0 Å². The van der Waals surface area contributed by atoms with Crippen LogP contribution in [0.15, 0.2) is 30.5 Å². The molecular formula is C9H5ClN. The fraction of sp³-hybridized carbons (Fsp3) is 0. The summed E-state index contributed by atoms with van der Waals surface area (Å²) in [5, 5.41) is 1.67. The van der Waals surface area contributed by atoms with E-state index in [4.69, 9.17) is 11.6 Å². The molecule has 0 aliphatic heterocycles. The maximum Gasteiger partial charge on any atom is 0.0717 e. The molecule has 2 aromatic rings. The summed E-state index contributed by atoms with van der Waals surface area (Å²) in [4.78, 5) is 4.14. The van der Waals surface area contributed by atoms with Crippen molar-refractivity contribution in [1.29, 1.82) is 0 Å². The first-order valence-electron chi connectivity index (χ1n) is 3.28. The van der Waals surface area contributed by atoms with E-state index in [0.29, 0.717) is 5.02 Å². The van der Waals surface area contributed by atoms with Crippen LogP contribution in [0.5, 0.6) is 0 Å². The van der Waals surface area contributed by atoms with Crippen molar-refractivity contribution in [2.75, 3.05) is 0 Å². The van der Waals surface area contributed by atoms with Crippen molar-refractivity contribution in [1.82, 2.24) is 4.98 Å². The summed E-state index contributed by atoms with van der Waals surface area (Å²) >= 11 is 5.72. The number of hydrogen-bond donors (Lipinski definition) is 0. The highest BCUT2D eigenvalue weighted by Crippen LogP contribution is 2.15. The summed E-state index contributed by atoms with van der Waals surface area (Å²) in [5.74, 6) is 0. The molecule has 0 spiro atoms. The lowest BCUT2D eigenvalue weighted by atomic mass is 10.2. The van der Waals surface area contributed by atoms with Crippen molar-refractivity contribution in [2.45, 2.75) is 0 Å². The molecule has 1 nitrogen and oxygen atoms in total. The summed E-state index contributed by atoms with van der Waals surface area (Å²) < 4.78 is 0. The van der Waals surface area contributed by atoms with Crippen molar-refractivity contribution in [2.24, 2.45) is 0 Å². The summed E-state index contributed by atoms with van der Waals surface area (Å²) in [6, 6.07) is 10.4. The summed E-state index contributed by atoms with van der Waals surface area (Å²) in [7, 11) is 0. The molecule has 2 heteroatoms. The van der Waals surface area contributed by atoms with Gasteiger partial charge in [-0.15, -0.1) is 0 Å². The molecule has 1 aromatic heterocycles. The van der Waals surface area contributed by atoms with E-state index in [1.165, 1.54) is 0 Å². The minimum atomic E-state index is 0.608. The number of benzene rings is 1. The highest BCUT2D eigenvalue weighted by atomic mass is 35.5. The van der Waals surface area contributed by atoms with Crippen LogP contribution >= 0.6 is 11.6 Å². The lowest BCUT2D eigenvalue weighted by Crippen LogP contribution is -1.75. The normalized spacial score (nSPS) is 10.3. The van der Waals surface area contributed by atoms with E-state index in [-0.39, 0.29) is 0 Å². The predicted octanol–water partition coefficient (Wildman–Crippen LogP) is 2.69. The third-order valence-electron chi connectivity index (χ3n) is 1.50. The summed E-state index contributed by atoms with van der Waals surface area (Å²) in [6.07, 6.45) is 1.75. The van der Waals surface area contributed by atoms with Gasteiger partial charge in [-0.05, 0) is 18.2 Å². The van der Waals surface area contributed by atoms with Crippen molar-refractivity contribution < 1.29 is 0 Å². The van der Waals surface area contributed by atoms with E-state index >= 15 is 0 Å². The van der Waals surface area contributed by atoms with Gasteiger partial charge in [0.15, 0.2) is 0 Å². The number of halogens is 1. The molecule has 0 unspecified atom stereocenters. The van der Waals surface area contributed by atoms with E-state index in [1.807, 2.05) is 18.2 Å². The molecule has 0 N–H and O–H groups in total. The van der Waals surface area contributed by atoms with E-state index in [9.17, 15) is 0 Å². The van der Waals surface area contributed by atoms with Gasteiger partial charge in [0.05, 0.1) is 10.5 Å². The zero-order valence-corrected chi connectivity index (χ0v) is 6.47. The largest absolute Gasteiger partial charge is 0.256 e. The molecule has 0 aliphatic rings. The van der Waals surface area contributed by atoms with E-state index in [0.717, 1.165) is 10.9 Å². The molecule has 0 atom stereocenters. The quantitative estimate of drug-likeness (QED) is 0.581. The van der Waals surface area contributed by atoms with Gasteiger partial charge in [-0.2, -0.15) is 0 Å². The molecule has 1 aromatic carbocycles. The minimum Gasteiger partial charge on any atom is -0.256 e. The second kappa shape index (κ2) is 2.51. The summed E-state index contributed by atoms with van der Waals surface area (Å²) in [5.41, 5.74) is 0.913. The van der Waals surface area contributed by atoms with Crippen molar-refractivity contribution in [3.63, 3.8) is 0 Å². The number of rotatable bonds is 0. The lowest BCUT2D eigenvalue weighted by Gasteiger charge is -1.94. The van der Waals surface area contributed by atoms with Crippen LogP contribution < -0.4 is 0 Å². The number of nitrogens with zero attached hydrogens (tertiary/aromatic N) is 1. The van der Waals surface area contributed by atoms with Crippen LogP contribution in [-0.4, -0.2) is 4.98 Å². The van der Waals surface area contributed by atoms with Crippen LogP contribution in [0, 0.1) is 6.07 Å². The van der Waals surface area contributed by atoms with Gasteiger partial charge in [-0.1, -0.05) is 17.7 Å². The Labute approximate surface area is 69.6 Å². The van der Waals surface area contributed by atoms with E-state index in [1.54, 1.807) is 12.3 Å². The van der Waals surface area contributed by atoms with Gasteiger partial charge in [-0.3, -0.25) is 4.98 Å². The maximum atomic E-state index is 5.72. The highest BCUT2D eigenvalue weighted by Gasteiger charge is 1.92. The number of hydrogen-bond acceptors (Lipinski definition) is 1. The van der Waals surface area contributed by atoms with Crippen LogP contribution in [0.2, 0.25) is 5.02 Å². The lowest BCUT2D eigenvalue weighted by molar-refractivity contribution is 1.41. The standard InChI is InChI=1S/C9H5ClN/c10-8-4-3-7-2-1-5-11-9(7)6-8/h1-3,5-6H. The van der Waals surface area contributed by atoms with Gasteiger partial charge >= 0.3 is 0 Å². The second-order valence-electron chi connectivity index (χ2n) is 2.26. The first kappa shape index (κ1) is 6.62. The SMILES string of the molecule is Clc1[c]cc2cccnc2c1. The Morgan fingerprint density at radius 2 is 2.36 bits per heavy atom. The van der Waals surface area contributed by atoms with Gasteiger partial charge in [-0.25, -0.2) is 0 Å². The number of pyridine rings is 1. The molecule has 0 saturated carbocycles. The van der Waals surface area contributed by atoms with E-state index < -0.39 is 0 Å².